The summed E-state index contributed by atoms with van der Waals surface area (Å²) in [5.74, 6) is 0. The van der Waals surface area contributed by atoms with E-state index in [0.717, 1.165) is 19.6 Å². The maximum absolute atomic E-state index is 5.10. The summed E-state index contributed by atoms with van der Waals surface area (Å²) >= 11 is 0. The van der Waals surface area contributed by atoms with Crippen LogP contribution in [0.15, 0.2) is 0 Å². The molecule has 0 aromatic rings. The van der Waals surface area contributed by atoms with Gasteiger partial charge in [-0.25, -0.2) is 5.01 Å². The molecule has 1 atom stereocenters. The molecule has 0 aromatic heterocycles. The molecule has 0 fully saturated rings. The van der Waals surface area contributed by atoms with Crippen molar-refractivity contribution in [3.8, 4) is 0 Å². The highest BCUT2D eigenvalue weighted by atomic mass is 16.5. The standard InChI is InChI=1S/C8H20N2O/c1-5-8(7-11-4)10(6-2)9-3/h8-9H,5-7H2,1-4H3. The van der Waals surface area contributed by atoms with Gasteiger partial charge in [0.2, 0.25) is 0 Å². The van der Waals surface area contributed by atoms with Gasteiger partial charge in [-0.15, -0.1) is 0 Å². The van der Waals surface area contributed by atoms with Gasteiger partial charge in [0, 0.05) is 19.7 Å². The fraction of sp³-hybridized carbons (Fsp3) is 1.00. The Morgan fingerprint density at radius 1 is 1.45 bits per heavy atom. The van der Waals surface area contributed by atoms with Gasteiger partial charge in [-0.05, 0) is 13.5 Å². The molecular formula is C8H20N2O. The quantitative estimate of drug-likeness (QED) is 0.583. The molecule has 1 unspecified atom stereocenters. The summed E-state index contributed by atoms with van der Waals surface area (Å²) in [5.41, 5.74) is 3.14. The van der Waals surface area contributed by atoms with Gasteiger partial charge < -0.3 is 4.74 Å². The van der Waals surface area contributed by atoms with Crippen molar-refractivity contribution in [3.05, 3.63) is 0 Å². The summed E-state index contributed by atoms with van der Waals surface area (Å²) < 4.78 is 5.10. The van der Waals surface area contributed by atoms with E-state index < -0.39 is 0 Å². The van der Waals surface area contributed by atoms with E-state index in [1.165, 1.54) is 0 Å². The van der Waals surface area contributed by atoms with Crippen LogP contribution in [0.2, 0.25) is 0 Å². The third-order valence-corrected chi connectivity index (χ3v) is 1.90. The monoisotopic (exact) mass is 160 g/mol. The van der Waals surface area contributed by atoms with Crippen LogP contribution in [0.5, 0.6) is 0 Å². The van der Waals surface area contributed by atoms with Crippen LogP contribution in [0.1, 0.15) is 20.3 Å². The van der Waals surface area contributed by atoms with E-state index in [1.807, 2.05) is 7.05 Å². The SMILES string of the molecule is CCC(COC)N(CC)NC. The van der Waals surface area contributed by atoms with Crippen molar-refractivity contribution in [3.63, 3.8) is 0 Å². The lowest BCUT2D eigenvalue weighted by Crippen LogP contribution is -2.45. The van der Waals surface area contributed by atoms with E-state index in [2.05, 4.69) is 24.3 Å². The molecule has 0 saturated heterocycles. The van der Waals surface area contributed by atoms with Gasteiger partial charge in [-0.1, -0.05) is 13.8 Å². The van der Waals surface area contributed by atoms with Crippen LogP contribution in [-0.4, -0.2) is 38.4 Å². The second-order valence-electron chi connectivity index (χ2n) is 2.53. The van der Waals surface area contributed by atoms with Crippen LogP contribution in [0.4, 0.5) is 0 Å². The van der Waals surface area contributed by atoms with Crippen LogP contribution in [0.3, 0.4) is 0 Å². The van der Waals surface area contributed by atoms with E-state index in [-0.39, 0.29) is 0 Å². The van der Waals surface area contributed by atoms with Gasteiger partial charge in [0.25, 0.3) is 0 Å². The second kappa shape index (κ2) is 6.58. The lowest BCUT2D eigenvalue weighted by Gasteiger charge is -2.28. The van der Waals surface area contributed by atoms with Crippen LogP contribution in [0.25, 0.3) is 0 Å². The molecular weight excluding hydrogens is 140 g/mol. The van der Waals surface area contributed by atoms with Crippen molar-refractivity contribution >= 4 is 0 Å². The molecule has 0 aliphatic carbocycles. The summed E-state index contributed by atoms with van der Waals surface area (Å²) in [7, 11) is 3.69. The van der Waals surface area contributed by atoms with Gasteiger partial charge in [-0.3, -0.25) is 5.43 Å². The van der Waals surface area contributed by atoms with E-state index in [1.54, 1.807) is 7.11 Å². The zero-order valence-electron chi connectivity index (χ0n) is 8.05. The molecule has 0 amide bonds. The average molecular weight is 160 g/mol. The van der Waals surface area contributed by atoms with Crippen molar-refractivity contribution in [2.24, 2.45) is 0 Å². The van der Waals surface area contributed by atoms with Crippen LogP contribution < -0.4 is 5.43 Å². The summed E-state index contributed by atoms with van der Waals surface area (Å²) in [5, 5.41) is 2.18. The smallest absolute Gasteiger partial charge is 0.0631 e. The molecule has 3 heteroatoms. The highest BCUT2D eigenvalue weighted by Gasteiger charge is 2.12. The Hall–Kier alpha value is -0.120. The first-order chi connectivity index (χ1) is 5.29. The Morgan fingerprint density at radius 3 is 2.36 bits per heavy atom. The largest absolute Gasteiger partial charge is 0.383 e. The van der Waals surface area contributed by atoms with Crippen molar-refractivity contribution in [1.29, 1.82) is 0 Å². The lowest BCUT2D eigenvalue weighted by molar-refractivity contribution is 0.0633. The molecule has 11 heavy (non-hydrogen) atoms. The Balaban J connectivity index is 3.76. The van der Waals surface area contributed by atoms with E-state index in [4.69, 9.17) is 4.74 Å². The zero-order chi connectivity index (χ0) is 8.69. The van der Waals surface area contributed by atoms with Crippen LogP contribution in [0, 0.1) is 0 Å². The fourth-order valence-electron chi connectivity index (χ4n) is 1.22. The van der Waals surface area contributed by atoms with Gasteiger partial charge in [-0.2, -0.15) is 0 Å². The van der Waals surface area contributed by atoms with Gasteiger partial charge in [0.1, 0.15) is 0 Å². The number of rotatable bonds is 6. The Kier molecular flexibility index (Phi) is 6.51. The molecule has 0 bridgehead atoms. The van der Waals surface area contributed by atoms with E-state index in [0.29, 0.717) is 6.04 Å². The number of nitrogens with zero attached hydrogens (tertiary/aromatic N) is 1. The Labute approximate surface area is 69.7 Å². The lowest BCUT2D eigenvalue weighted by atomic mass is 10.2. The molecule has 3 nitrogen and oxygen atoms in total. The second-order valence-corrected chi connectivity index (χ2v) is 2.53. The molecule has 0 heterocycles. The number of methoxy groups -OCH3 is 1. The first-order valence-corrected chi connectivity index (χ1v) is 4.23. The average Bonchev–Trinajstić information content (AvgIpc) is 2.05. The van der Waals surface area contributed by atoms with Crippen molar-refractivity contribution < 1.29 is 4.74 Å². The van der Waals surface area contributed by atoms with Gasteiger partial charge >= 0.3 is 0 Å². The molecule has 0 spiro atoms. The Bertz CT molecular complexity index is 84.2. The minimum absolute atomic E-state index is 0.495. The molecule has 0 aliphatic heterocycles. The predicted octanol–water partition coefficient (Wildman–Crippen LogP) is 0.868. The molecule has 0 rings (SSSR count). The highest BCUT2D eigenvalue weighted by molar-refractivity contribution is 4.63. The molecule has 68 valence electrons. The van der Waals surface area contributed by atoms with E-state index in [9.17, 15) is 0 Å². The fourth-order valence-corrected chi connectivity index (χ4v) is 1.22. The van der Waals surface area contributed by atoms with Crippen molar-refractivity contribution in [1.82, 2.24) is 10.4 Å². The number of hydrazine groups is 1. The highest BCUT2D eigenvalue weighted by Crippen LogP contribution is 2.00. The number of hydrogen-bond acceptors (Lipinski definition) is 3. The molecule has 1 N–H and O–H groups in total. The van der Waals surface area contributed by atoms with Gasteiger partial charge in [0.05, 0.1) is 6.61 Å². The molecule has 0 saturated carbocycles. The summed E-state index contributed by atoms with van der Waals surface area (Å²) in [6, 6.07) is 0.495. The summed E-state index contributed by atoms with van der Waals surface area (Å²) in [6.07, 6.45) is 1.11. The molecule has 0 radical (unpaired) electrons. The van der Waals surface area contributed by atoms with Crippen molar-refractivity contribution in [2.75, 3.05) is 27.3 Å². The van der Waals surface area contributed by atoms with Crippen molar-refractivity contribution in [2.45, 2.75) is 26.3 Å². The maximum Gasteiger partial charge on any atom is 0.0631 e. The van der Waals surface area contributed by atoms with Crippen LogP contribution >= 0.6 is 0 Å². The van der Waals surface area contributed by atoms with Crippen LogP contribution in [-0.2, 0) is 4.74 Å². The summed E-state index contributed by atoms with van der Waals surface area (Å²) in [4.78, 5) is 0. The summed E-state index contributed by atoms with van der Waals surface area (Å²) in [6.45, 7) is 6.11. The molecule has 0 aliphatic rings. The zero-order valence-corrected chi connectivity index (χ0v) is 8.05. The molecule has 0 aromatic carbocycles. The van der Waals surface area contributed by atoms with Gasteiger partial charge in [0.15, 0.2) is 0 Å². The third-order valence-electron chi connectivity index (χ3n) is 1.90. The number of likely N-dealkylation sites (N-methyl/N-ethyl adjacent to an activating group) is 1. The maximum atomic E-state index is 5.10. The topological polar surface area (TPSA) is 24.5 Å². The number of nitrogens with one attached hydrogen (secondary N) is 1. The normalized spacial score (nSPS) is 13.9. The first kappa shape index (κ1) is 10.9. The minimum Gasteiger partial charge on any atom is -0.383 e. The Morgan fingerprint density at radius 2 is 2.09 bits per heavy atom. The minimum atomic E-state index is 0.495. The first-order valence-electron chi connectivity index (χ1n) is 4.23. The number of ether oxygens (including phenoxy) is 1. The third kappa shape index (κ3) is 3.70. The predicted molar refractivity (Wildman–Crippen MR) is 47.4 cm³/mol. The van der Waals surface area contributed by atoms with E-state index >= 15 is 0 Å². The number of hydrogen-bond donors (Lipinski definition) is 1.